The lowest BCUT2D eigenvalue weighted by atomic mass is 9.96. The van der Waals surface area contributed by atoms with Crippen molar-refractivity contribution in [2.45, 2.75) is 63.8 Å². The van der Waals surface area contributed by atoms with Crippen molar-refractivity contribution < 1.29 is 28.6 Å². The minimum atomic E-state index is -0.895. The molecule has 7 rings (SSSR count). The van der Waals surface area contributed by atoms with E-state index in [-0.39, 0.29) is 29.0 Å². The highest BCUT2D eigenvalue weighted by atomic mass is 35.5. The number of nitrogens with zero attached hydrogens (tertiary/aromatic N) is 4. The molecule has 3 heterocycles. The molecule has 1 aromatic heterocycles. The molecule has 3 aliphatic rings. The molecule has 0 saturated carbocycles. The van der Waals surface area contributed by atoms with Gasteiger partial charge >= 0.3 is 5.97 Å². The predicted octanol–water partition coefficient (Wildman–Crippen LogP) is 7.29. The van der Waals surface area contributed by atoms with E-state index >= 15 is 4.39 Å². The van der Waals surface area contributed by atoms with Gasteiger partial charge in [-0.2, -0.15) is 4.39 Å². The van der Waals surface area contributed by atoms with Crippen LogP contribution in [0.5, 0.6) is 11.5 Å². The number of likely N-dealkylation sites (tertiary alicyclic amines) is 1. The highest BCUT2D eigenvalue weighted by Crippen LogP contribution is 2.46. The lowest BCUT2D eigenvalue weighted by molar-refractivity contribution is -0.144. The molecule has 1 aliphatic carbocycles. The van der Waals surface area contributed by atoms with Crippen molar-refractivity contribution in [3.8, 4) is 22.6 Å². The molecule has 0 bridgehead atoms. The van der Waals surface area contributed by atoms with Gasteiger partial charge in [-0.15, -0.1) is 0 Å². The van der Waals surface area contributed by atoms with Gasteiger partial charge in [-0.3, -0.25) is 14.5 Å². The van der Waals surface area contributed by atoms with Crippen LogP contribution in [0.15, 0.2) is 42.5 Å². The van der Waals surface area contributed by atoms with Crippen LogP contribution < -0.4 is 14.8 Å². The molecule has 2 atom stereocenters. The Labute approximate surface area is 306 Å². The smallest absolute Gasteiger partial charge is 0.320 e. The molecule has 268 valence electrons. The summed E-state index contributed by atoms with van der Waals surface area (Å²) in [7, 11) is 5.28. The van der Waals surface area contributed by atoms with Gasteiger partial charge in [0.25, 0.3) is 5.91 Å². The van der Waals surface area contributed by atoms with Gasteiger partial charge in [0.2, 0.25) is 5.82 Å². The first-order valence-corrected chi connectivity index (χ1v) is 17.9. The zero-order valence-corrected chi connectivity index (χ0v) is 30.3. The number of benzene rings is 3. The average Bonchev–Trinajstić information content (AvgIpc) is 3.67. The largest absolute Gasteiger partial charge is 0.493 e. The minimum Gasteiger partial charge on any atom is -0.493 e. The summed E-state index contributed by atoms with van der Waals surface area (Å²) in [5.41, 5.74) is 6.46. The van der Waals surface area contributed by atoms with Crippen LogP contribution in [0.4, 0.5) is 10.1 Å². The van der Waals surface area contributed by atoms with E-state index in [9.17, 15) is 14.7 Å². The third kappa shape index (κ3) is 6.68. The maximum absolute atomic E-state index is 16.1. The number of anilines is 1. The molecule has 51 heavy (non-hydrogen) atoms. The molecule has 3 aromatic carbocycles. The van der Waals surface area contributed by atoms with Crippen LogP contribution in [0.25, 0.3) is 11.1 Å². The number of halogens is 3. The third-order valence-electron chi connectivity index (χ3n) is 10.3. The van der Waals surface area contributed by atoms with Gasteiger partial charge in [-0.25, -0.2) is 4.98 Å². The lowest BCUT2D eigenvalue weighted by Gasteiger charge is -2.33. The molecule has 2 N–H and O–H groups in total. The number of hydrogen-bond donors (Lipinski definition) is 2. The molecule has 0 radical (unpaired) electrons. The SMILES string of the molecule is COc1c(CN2CCCCC2C(=O)O)cc(Cl)c(OC2CCc3c(-c4cccc(NC(=O)c5nc6c(n5C)CCN(C)C6)c4Cl)cccc32)c1F. The lowest BCUT2D eigenvalue weighted by Crippen LogP contribution is -2.44. The number of carbonyl (C=O) groups excluding carboxylic acids is 1. The van der Waals surface area contributed by atoms with Crippen molar-refractivity contribution in [2.75, 3.05) is 32.6 Å². The molecule has 2 aliphatic heterocycles. The minimum absolute atomic E-state index is 0.0141. The standard InChI is InChI=1S/C38H40Cl2FN5O5/c1-44-17-15-29-28(20-44)42-36(45(29)2)37(47)43-27-11-7-10-25(32(27)40)22-8-6-9-24-23(22)13-14-31(24)51-35-26(39)18-21(34(50-3)33(35)41)19-46-16-5-4-12-30(46)38(48)49/h6-11,18,30-31H,4-5,12-17,19-20H2,1-3H3,(H,43,47)(H,48,49). The number of carboxylic acid groups (broad SMARTS) is 1. The monoisotopic (exact) mass is 735 g/mol. The molecule has 4 aromatic rings. The van der Waals surface area contributed by atoms with E-state index in [4.69, 9.17) is 32.7 Å². The third-order valence-corrected chi connectivity index (χ3v) is 11.0. The zero-order valence-electron chi connectivity index (χ0n) is 28.8. The van der Waals surface area contributed by atoms with Gasteiger partial charge in [0.15, 0.2) is 17.3 Å². The summed E-state index contributed by atoms with van der Waals surface area (Å²) in [5.74, 6) is -1.74. The summed E-state index contributed by atoms with van der Waals surface area (Å²) in [6, 6.07) is 12.3. The van der Waals surface area contributed by atoms with Crippen molar-refractivity contribution in [1.29, 1.82) is 0 Å². The number of nitrogens with one attached hydrogen (secondary N) is 1. The second-order valence-electron chi connectivity index (χ2n) is 13.5. The normalized spacial score (nSPS) is 19.0. The quantitative estimate of drug-likeness (QED) is 0.185. The van der Waals surface area contributed by atoms with Crippen molar-refractivity contribution in [1.82, 2.24) is 19.4 Å². The zero-order chi connectivity index (χ0) is 36.0. The number of aliphatic carboxylic acids is 1. The number of imidazole rings is 1. The Morgan fingerprint density at radius 2 is 1.82 bits per heavy atom. The van der Waals surface area contributed by atoms with Gasteiger partial charge in [0.05, 0.1) is 28.5 Å². The number of piperidine rings is 1. The van der Waals surface area contributed by atoms with Crippen LogP contribution >= 0.6 is 23.2 Å². The summed E-state index contributed by atoms with van der Waals surface area (Å²) in [6.07, 6.45) is 3.79. The van der Waals surface area contributed by atoms with Gasteiger partial charge in [-0.1, -0.05) is 60.0 Å². The number of methoxy groups -OCH3 is 1. The maximum atomic E-state index is 16.1. The molecule has 10 nitrogen and oxygen atoms in total. The Morgan fingerprint density at radius 1 is 1.04 bits per heavy atom. The maximum Gasteiger partial charge on any atom is 0.320 e. The number of aromatic nitrogens is 2. The number of likely N-dealkylation sites (N-methyl/N-ethyl adjacent to an activating group) is 1. The Hall–Kier alpha value is -4.16. The first-order chi connectivity index (χ1) is 24.5. The summed E-state index contributed by atoms with van der Waals surface area (Å²) in [5, 5.41) is 13.2. The topological polar surface area (TPSA) is 109 Å². The Morgan fingerprint density at radius 3 is 2.61 bits per heavy atom. The van der Waals surface area contributed by atoms with E-state index in [0.29, 0.717) is 54.4 Å². The van der Waals surface area contributed by atoms with Crippen molar-refractivity contribution >= 4 is 40.8 Å². The summed E-state index contributed by atoms with van der Waals surface area (Å²) in [6.45, 7) is 2.38. The second kappa shape index (κ2) is 14.5. The van der Waals surface area contributed by atoms with Gasteiger partial charge in [-0.05, 0) is 68.1 Å². The summed E-state index contributed by atoms with van der Waals surface area (Å²) >= 11 is 13.7. The predicted molar refractivity (Wildman–Crippen MR) is 193 cm³/mol. The van der Waals surface area contributed by atoms with E-state index in [2.05, 4.69) is 15.2 Å². The molecule has 13 heteroatoms. The van der Waals surface area contributed by atoms with Gasteiger partial charge in [0, 0.05) is 49.9 Å². The number of carboxylic acids is 1. The fourth-order valence-corrected chi connectivity index (χ4v) is 8.30. The van der Waals surface area contributed by atoms with Gasteiger partial charge in [0.1, 0.15) is 12.1 Å². The van der Waals surface area contributed by atoms with Gasteiger partial charge < -0.3 is 29.4 Å². The second-order valence-corrected chi connectivity index (χ2v) is 14.3. The fraction of sp³-hybridized carbons (Fsp3) is 0.395. The molecular formula is C38H40Cl2FN5O5. The number of carbonyl (C=O) groups is 2. The van der Waals surface area contributed by atoms with E-state index in [1.807, 2.05) is 53.9 Å². The van der Waals surface area contributed by atoms with Crippen molar-refractivity contribution in [3.63, 3.8) is 0 Å². The van der Waals surface area contributed by atoms with Crippen molar-refractivity contribution in [2.24, 2.45) is 7.05 Å². The van der Waals surface area contributed by atoms with Crippen LogP contribution in [-0.4, -0.2) is 69.6 Å². The van der Waals surface area contributed by atoms with E-state index in [1.165, 1.54) is 7.11 Å². The first kappa shape index (κ1) is 35.3. The number of amides is 1. The highest BCUT2D eigenvalue weighted by Gasteiger charge is 2.33. The van der Waals surface area contributed by atoms with Crippen molar-refractivity contribution in [3.05, 3.63) is 92.2 Å². The molecule has 0 spiro atoms. The fourth-order valence-electron chi connectivity index (χ4n) is 7.77. The highest BCUT2D eigenvalue weighted by molar-refractivity contribution is 6.36. The van der Waals surface area contributed by atoms with E-state index in [1.54, 1.807) is 12.1 Å². The van der Waals surface area contributed by atoms with E-state index in [0.717, 1.165) is 59.4 Å². The Kier molecular flexibility index (Phi) is 9.99. The van der Waals surface area contributed by atoms with Crippen LogP contribution in [0.3, 0.4) is 0 Å². The Balaban J connectivity index is 1.13. The summed E-state index contributed by atoms with van der Waals surface area (Å²) in [4.78, 5) is 34.0. The molecule has 1 amide bonds. The van der Waals surface area contributed by atoms with Crippen LogP contribution in [0.2, 0.25) is 10.0 Å². The molecule has 2 unspecified atom stereocenters. The Bertz CT molecular complexity index is 2020. The van der Waals surface area contributed by atoms with Crippen LogP contribution in [-0.2, 0) is 37.8 Å². The number of ether oxygens (including phenoxy) is 2. The molecule has 1 fully saturated rings. The van der Waals surface area contributed by atoms with Crippen LogP contribution in [0.1, 0.15) is 70.5 Å². The number of rotatable bonds is 9. The number of fused-ring (bicyclic) bond motifs is 2. The van der Waals surface area contributed by atoms with E-state index < -0.39 is 23.9 Å². The van der Waals surface area contributed by atoms with Crippen LogP contribution in [0, 0.1) is 5.82 Å². The molecular weight excluding hydrogens is 696 g/mol. The number of hydrogen-bond acceptors (Lipinski definition) is 7. The molecule has 1 saturated heterocycles. The first-order valence-electron chi connectivity index (χ1n) is 17.2. The average molecular weight is 737 g/mol. The summed E-state index contributed by atoms with van der Waals surface area (Å²) < 4.78 is 29.7.